The first-order chi connectivity index (χ1) is 47.5. The first-order valence-corrected chi connectivity index (χ1v) is 41.0. The van der Waals surface area contributed by atoms with Crippen molar-refractivity contribution in [1.29, 1.82) is 0 Å². The van der Waals surface area contributed by atoms with Crippen LogP contribution < -0.4 is 40.5 Å². The van der Waals surface area contributed by atoms with Crippen LogP contribution >= 0.6 is 0 Å². The standard InChI is InChI=1S/C82H146N12O2/c1-7-13-19-25-31-33-35-39-47-55-71-95-75-61-57-73(58-62-75)85-79-87-77(89-81(91-79)93(67-51-43-27-21-15-9-3)68-52-44-28-22-16-10-4)83-65-49-41-37-38-42-50-66-84-78-88-80(86-74-59-63-76(64-60-74)96-72-56-48-40-36-34-32-26-20-14-8-2)92-82(90-78)94(69-53-45-29-23-17-11-5)70-54-46-30-24-18-12-6/h57-64H,7-56,65-72H2,1-6H3,(H2,83,85,87,89,91)(H2,84,86,88,90,92). The molecule has 0 radical (unpaired) electrons. The minimum atomic E-state index is 0.579. The Morgan fingerprint density at radius 1 is 0.250 bits per heavy atom. The van der Waals surface area contributed by atoms with Crippen LogP contribution in [0, 0.1) is 0 Å². The van der Waals surface area contributed by atoms with Gasteiger partial charge in [-0.2, -0.15) is 29.9 Å². The molecule has 0 aliphatic rings. The summed E-state index contributed by atoms with van der Waals surface area (Å²) >= 11 is 0. The molecule has 4 N–H and O–H groups in total. The lowest BCUT2D eigenvalue weighted by Gasteiger charge is -2.24. The smallest absolute Gasteiger partial charge is 0.233 e. The molecule has 2 aromatic heterocycles. The molecule has 2 heterocycles. The minimum absolute atomic E-state index is 0.579. The summed E-state index contributed by atoms with van der Waals surface area (Å²) in [4.78, 5) is 35.4. The molecule has 0 saturated heterocycles. The Kier molecular flexibility index (Phi) is 51.9. The van der Waals surface area contributed by atoms with Gasteiger partial charge in [0.1, 0.15) is 11.5 Å². The molecule has 0 amide bonds. The van der Waals surface area contributed by atoms with E-state index in [9.17, 15) is 0 Å². The molecule has 0 bridgehead atoms. The second kappa shape index (κ2) is 59.9. The molecule has 0 atom stereocenters. The molecule has 4 rings (SSSR count). The van der Waals surface area contributed by atoms with Crippen LogP contribution in [0.15, 0.2) is 48.5 Å². The van der Waals surface area contributed by atoms with E-state index in [-0.39, 0.29) is 0 Å². The maximum atomic E-state index is 6.19. The van der Waals surface area contributed by atoms with Gasteiger partial charge < -0.3 is 40.5 Å². The third kappa shape index (κ3) is 43.3. The number of hydrogen-bond acceptors (Lipinski definition) is 14. The molecule has 14 nitrogen and oxygen atoms in total. The minimum Gasteiger partial charge on any atom is -0.494 e. The van der Waals surface area contributed by atoms with Gasteiger partial charge >= 0.3 is 0 Å². The van der Waals surface area contributed by atoms with Gasteiger partial charge in [-0.25, -0.2) is 0 Å². The average molecular weight is 1330 g/mol. The van der Waals surface area contributed by atoms with Gasteiger partial charge in [-0.3, -0.25) is 0 Å². The molecule has 0 aliphatic heterocycles. The number of ether oxygens (including phenoxy) is 2. The van der Waals surface area contributed by atoms with Gasteiger partial charge in [0.25, 0.3) is 0 Å². The summed E-state index contributed by atoms with van der Waals surface area (Å²) in [7, 11) is 0. The highest BCUT2D eigenvalue weighted by molar-refractivity contribution is 5.58. The van der Waals surface area contributed by atoms with Gasteiger partial charge in [0.2, 0.25) is 35.7 Å². The third-order valence-electron chi connectivity index (χ3n) is 18.9. The van der Waals surface area contributed by atoms with Crippen molar-refractivity contribution in [3.05, 3.63) is 48.5 Å². The van der Waals surface area contributed by atoms with Gasteiger partial charge in [0.15, 0.2) is 0 Å². The summed E-state index contributed by atoms with van der Waals surface area (Å²) in [6, 6.07) is 16.6. The number of benzene rings is 2. The van der Waals surface area contributed by atoms with E-state index < -0.39 is 0 Å². The quantitative estimate of drug-likeness (QED) is 0.0311. The predicted octanol–water partition coefficient (Wildman–Crippen LogP) is 25.1. The summed E-state index contributed by atoms with van der Waals surface area (Å²) in [5.74, 6) is 5.80. The fourth-order valence-electron chi connectivity index (χ4n) is 12.7. The largest absolute Gasteiger partial charge is 0.494 e. The van der Waals surface area contributed by atoms with Gasteiger partial charge in [0.05, 0.1) is 13.2 Å². The Balaban J connectivity index is 1.35. The van der Waals surface area contributed by atoms with Crippen molar-refractivity contribution in [2.45, 2.75) is 363 Å². The van der Waals surface area contributed by atoms with Crippen molar-refractivity contribution in [3.63, 3.8) is 0 Å². The van der Waals surface area contributed by atoms with Crippen LogP contribution in [0.3, 0.4) is 0 Å². The summed E-state index contributed by atoms with van der Waals surface area (Å²) in [6.07, 6.45) is 63.5. The maximum Gasteiger partial charge on any atom is 0.233 e. The Bertz CT molecular complexity index is 2160. The molecule has 4 aromatic rings. The molecule has 546 valence electrons. The van der Waals surface area contributed by atoms with Crippen LogP contribution in [0.1, 0.15) is 363 Å². The fourth-order valence-corrected chi connectivity index (χ4v) is 12.7. The Hall–Kier alpha value is -5.14. The van der Waals surface area contributed by atoms with Crippen LogP contribution in [0.5, 0.6) is 11.5 Å². The SMILES string of the molecule is CCCCCCCCCCCCOc1ccc(Nc2nc(NCCCCCCCCNc3nc(Nc4ccc(OCCCCCCCCCCCC)cc4)nc(N(CCCCCCCC)CCCCCCCC)n3)nc(N(CCCCCCCC)CCCCCCCC)n2)cc1. The topological polar surface area (TPSA) is 150 Å². The first-order valence-electron chi connectivity index (χ1n) is 41.0. The molecule has 0 unspecified atom stereocenters. The average Bonchev–Trinajstić information content (AvgIpc) is 0.940. The molecule has 96 heavy (non-hydrogen) atoms. The van der Waals surface area contributed by atoms with E-state index in [2.05, 4.69) is 121 Å². The second-order valence-corrected chi connectivity index (χ2v) is 27.9. The molecule has 14 heteroatoms. The van der Waals surface area contributed by atoms with Gasteiger partial charge in [-0.15, -0.1) is 0 Å². The highest BCUT2D eigenvalue weighted by Gasteiger charge is 2.17. The van der Waals surface area contributed by atoms with Crippen LogP contribution in [0.2, 0.25) is 0 Å². The Morgan fingerprint density at radius 2 is 0.479 bits per heavy atom. The fraction of sp³-hybridized carbons (Fsp3) is 0.780. The van der Waals surface area contributed by atoms with Crippen LogP contribution in [-0.4, -0.2) is 82.4 Å². The number of aromatic nitrogens is 6. The van der Waals surface area contributed by atoms with Gasteiger partial charge in [-0.1, -0.05) is 311 Å². The van der Waals surface area contributed by atoms with Crippen molar-refractivity contribution >= 4 is 47.1 Å². The van der Waals surface area contributed by atoms with Gasteiger partial charge in [0, 0.05) is 50.6 Å². The Morgan fingerprint density at radius 3 is 0.750 bits per heavy atom. The summed E-state index contributed by atoms with van der Waals surface area (Å²) in [5, 5.41) is 14.4. The monoisotopic (exact) mass is 1330 g/mol. The van der Waals surface area contributed by atoms with Crippen molar-refractivity contribution in [2.24, 2.45) is 0 Å². The van der Waals surface area contributed by atoms with E-state index in [0.717, 1.165) is 151 Å². The number of rotatable bonds is 69. The zero-order valence-corrected chi connectivity index (χ0v) is 63.0. The zero-order chi connectivity index (χ0) is 68.1. The number of nitrogens with zero attached hydrogens (tertiary/aromatic N) is 8. The number of anilines is 8. The third-order valence-corrected chi connectivity index (χ3v) is 18.9. The van der Waals surface area contributed by atoms with Crippen LogP contribution in [0.4, 0.5) is 47.1 Å². The van der Waals surface area contributed by atoms with Crippen molar-refractivity contribution in [3.8, 4) is 11.5 Å². The summed E-state index contributed by atoms with van der Waals surface area (Å²) in [6.45, 7) is 20.7. The Labute approximate surface area is 589 Å². The highest BCUT2D eigenvalue weighted by Crippen LogP contribution is 2.26. The van der Waals surface area contributed by atoms with E-state index in [1.165, 1.54) is 257 Å². The second-order valence-electron chi connectivity index (χ2n) is 27.9. The first kappa shape index (κ1) is 83.3. The lowest BCUT2D eigenvalue weighted by atomic mass is 10.1. The molecule has 0 spiro atoms. The van der Waals surface area contributed by atoms with Crippen LogP contribution in [0.25, 0.3) is 0 Å². The maximum absolute atomic E-state index is 6.19. The molecule has 2 aromatic carbocycles. The number of nitrogens with one attached hydrogen (secondary N) is 4. The molecule has 0 aliphatic carbocycles. The number of unbranched alkanes of at least 4 members (excludes halogenated alkanes) is 43. The molecule has 0 fully saturated rings. The predicted molar refractivity (Wildman–Crippen MR) is 416 cm³/mol. The summed E-state index contributed by atoms with van der Waals surface area (Å²) < 4.78 is 12.4. The van der Waals surface area contributed by atoms with Crippen LogP contribution in [-0.2, 0) is 0 Å². The lowest BCUT2D eigenvalue weighted by molar-refractivity contribution is 0.304. The van der Waals surface area contributed by atoms with E-state index in [1.807, 2.05) is 0 Å². The van der Waals surface area contributed by atoms with Gasteiger partial charge in [-0.05, 0) is 99.9 Å². The van der Waals surface area contributed by atoms with E-state index >= 15 is 0 Å². The summed E-state index contributed by atoms with van der Waals surface area (Å²) in [5.41, 5.74) is 1.89. The van der Waals surface area contributed by atoms with Crippen molar-refractivity contribution in [2.75, 3.05) is 83.5 Å². The normalized spacial score (nSPS) is 11.4. The zero-order valence-electron chi connectivity index (χ0n) is 63.0. The van der Waals surface area contributed by atoms with E-state index in [4.69, 9.17) is 39.4 Å². The highest BCUT2D eigenvalue weighted by atomic mass is 16.5. The van der Waals surface area contributed by atoms with Crippen molar-refractivity contribution in [1.82, 2.24) is 29.9 Å². The lowest BCUT2D eigenvalue weighted by Crippen LogP contribution is -2.28. The molecular weight excluding hydrogens is 1180 g/mol. The molecular formula is C82H146N12O2. The number of hydrogen-bond donors (Lipinski definition) is 4. The van der Waals surface area contributed by atoms with E-state index in [0.29, 0.717) is 23.8 Å². The molecule has 0 saturated carbocycles. The van der Waals surface area contributed by atoms with E-state index in [1.54, 1.807) is 0 Å². The van der Waals surface area contributed by atoms with Crippen molar-refractivity contribution < 1.29 is 9.47 Å².